The summed E-state index contributed by atoms with van der Waals surface area (Å²) in [5.74, 6) is -0.733. The Bertz CT molecular complexity index is 775. The Morgan fingerprint density at radius 2 is 2.20 bits per heavy atom. The van der Waals surface area contributed by atoms with Gasteiger partial charge in [0, 0.05) is 56.6 Å². The van der Waals surface area contributed by atoms with Gasteiger partial charge < -0.3 is 25.0 Å². The van der Waals surface area contributed by atoms with Crippen molar-refractivity contribution in [1.82, 2.24) is 9.47 Å². The summed E-state index contributed by atoms with van der Waals surface area (Å²) in [5, 5.41) is 11.7. The lowest BCUT2D eigenvalue weighted by Crippen LogP contribution is -2.32. The molecule has 0 saturated heterocycles. The van der Waals surface area contributed by atoms with E-state index in [1.54, 1.807) is 13.8 Å². The quantitative estimate of drug-likeness (QED) is 0.557. The molecule has 0 atom stereocenters. The van der Waals surface area contributed by atoms with Crippen LogP contribution in [-0.4, -0.2) is 32.9 Å². The van der Waals surface area contributed by atoms with E-state index in [4.69, 9.17) is 22.1 Å². The predicted octanol–water partition coefficient (Wildman–Crippen LogP) is 3.43. The Kier molecular flexibility index (Phi) is 5.00. The number of hydrogen-bond acceptors (Lipinski definition) is 4. The van der Waals surface area contributed by atoms with Gasteiger partial charge in [0.05, 0.1) is 5.02 Å². The van der Waals surface area contributed by atoms with Gasteiger partial charge in [0.15, 0.2) is 5.88 Å². The van der Waals surface area contributed by atoms with E-state index < -0.39 is 5.79 Å². The first-order chi connectivity index (χ1) is 11.8. The highest BCUT2D eigenvalue weighted by Crippen LogP contribution is 2.33. The highest BCUT2D eigenvalue weighted by Gasteiger charge is 2.32. The summed E-state index contributed by atoms with van der Waals surface area (Å²) in [4.78, 5) is 2.12. The third-order valence-electron chi connectivity index (χ3n) is 4.30. The molecule has 2 aromatic rings. The summed E-state index contributed by atoms with van der Waals surface area (Å²) in [6.07, 6.45) is 4.16. The number of rotatable bonds is 8. The number of ether oxygens (including phenoxy) is 1. The molecule has 0 aliphatic heterocycles. The van der Waals surface area contributed by atoms with E-state index in [9.17, 15) is 5.11 Å². The fraction of sp³-hybridized carbons (Fsp3) is 0.474. The molecule has 136 valence electrons. The minimum absolute atomic E-state index is 0.421. The topological polar surface area (TPSA) is 63.7 Å². The number of benzene rings is 1. The summed E-state index contributed by atoms with van der Waals surface area (Å²) in [6.45, 7) is 9.20. The molecule has 1 aromatic heterocycles. The van der Waals surface area contributed by atoms with Crippen LogP contribution >= 0.6 is 11.6 Å². The van der Waals surface area contributed by atoms with Crippen LogP contribution in [-0.2, 0) is 17.8 Å². The van der Waals surface area contributed by atoms with Crippen molar-refractivity contribution in [2.45, 2.75) is 51.6 Å². The standard InChI is InChI=1S/C19H26ClN3O2/c1-13(25-19(2,3)24)23(15-5-6-15)11-14-4-7-16-17(20)12-22(9-8-21)18(16)10-14/h4,7,10,12,15,24H,1,5-6,8-9,11,21H2,2-3H3. The maximum atomic E-state index is 9.91. The van der Waals surface area contributed by atoms with Gasteiger partial charge >= 0.3 is 0 Å². The first kappa shape index (κ1) is 18.1. The zero-order valence-electron chi connectivity index (χ0n) is 14.8. The number of hydrogen-bond donors (Lipinski definition) is 2. The first-order valence-corrected chi connectivity index (χ1v) is 9.00. The molecule has 0 bridgehead atoms. The Hall–Kier alpha value is -1.69. The van der Waals surface area contributed by atoms with Crippen molar-refractivity contribution in [2.75, 3.05) is 6.54 Å². The molecule has 0 unspecified atom stereocenters. The lowest BCUT2D eigenvalue weighted by atomic mass is 10.1. The molecular formula is C19H26ClN3O2. The molecule has 0 radical (unpaired) electrons. The van der Waals surface area contributed by atoms with Crippen LogP contribution in [0.4, 0.5) is 0 Å². The monoisotopic (exact) mass is 363 g/mol. The van der Waals surface area contributed by atoms with Crippen LogP contribution < -0.4 is 5.73 Å². The van der Waals surface area contributed by atoms with Crippen LogP contribution in [0.1, 0.15) is 32.3 Å². The molecule has 1 aliphatic carbocycles. The molecule has 0 spiro atoms. The van der Waals surface area contributed by atoms with Crippen LogP contribution in [0, 0.1) is 0 Å². The third-order valence-corrected chi connectivity index (χ3v) is 4.60. The fourth-order valence-electron chi connectivity index (χ4n) is 3.07. The van der Waals surface area contributed by atoms with Gasteiger partial charge in [-0.2, -0.15) is 0 Å². The Balaban J connectivity index is 1.85. The van der Waals surface area contributed by atoms with E-state index >= 15 is 0 Å². The zero-order valence-corrected chi connectivity index (χ0v) is 15.6. The molecule has 5 nitrogen and oxygen atoms in total. The number of nitrogens with two attached hydrogens (primary N) is 1. The van der Waals surface area contributed by atoms with E-state index in [-0.39, 0.29) is 0 Å². The summed E-state index contributed by atoms with van der Waals surface area (Å²) in [6, 6.07) is 6.69. The van der Waals surface area contributed by atoms with Crippen LogP contribution in [0.15, 0.2) is 36.9 Å². The molecule has 25 heavy (non-hydrogen) atoms. The van der Waals surface area contributed by atoms with Crippen molar-refractivity contribution in [3.63, 3.8) is 0 Å². The Morgan fingerprint density at radius 3 is 2.80 bits per heavy atom. The van der Waals surface area contributed by atoms with Crippen molar-refractivity contribution in [3.05, 3.63) is 47.4 Å². The first-order valence-electron chi connectivity index (χ1n) is 8.63. The minimum Gasteiger partial charge on any atom is -0.449 e. The molecule has 6 heteroatoms. The van der Waals surface area contributed by atoms with Crippen LogP contribution in [0.3, 0.4) is 0 Å². The van der Waals surface area contributed by atoms with Gasteiger partial charge in [-0.1, -0.05) is 23.7 Å². The van der Waals surface area contributed by atoms with E-state index in [2.05, 4.69) is 28.2 Å². The van der Waals surface area contributed by atoms with Crippen molar-refractivity contribution >= 4 is 22.5 Å². The molecule has 1 heterocycles. The van der Waals surface area contributed by atoms with Gasteiger partial charge in [-0.25, -0.2) is 0 Å². The van der Waals surface area contributed by atoms with Crippen molar-refractivity contribution in [1.29, 1.82) is 0 Å². The van der Waals surface area contributed by atoms with Gasteiger partial charge in [0.2, 0.25) is 5.79 Å². The predicted molar refractivity (Wildman–Crippen MR) is 101 cm³/mol. The summed E-state index contributed by atoms with van der Waals surface area (Å²) in [5.41, 5.74) is 7.93. The van der Waals surface area contributed by atoms with Gasteiger partial charge in [-0.15, -0.1) is 0 Å². The molecule has 3 N–H and O–H groups in total. The van der Waals surface area contributed by atoms with E-state index in [1.807, 2.05) is 12.3 Å². The third kappa shape index (κ3) is 4.29. The maximum Gasteiger partial charge on any atom is 0.204 e. The number of fused-ring (bicyclic) bond motifs is 1. The molecular weight excluding hydrogens is 338 g/mol. The number of aliphatic hydroxyl groups is 1. The molecule has 0 amide bonds. The molecule has 3 rings (SSSR count). The maximum absolute atomic E-state index is 9.91. The van der Waals surface area contributed by atoms with Gasteiger partial charge in [-0.05, 0) is 31.1 Å². The Morgan fingerprint density at radius 1 is 1.48 bits per heavy atom. The number of nitrogens with zero attached hydrogens (tertiary/aromatic N) is 2. The second kappa shape index (κ2) is 6.90. The summed E-state index contributed by atoms with van der Waals surface area (Å²) in [7, 11) is 0. The van der Waals surface area contributed by atoms with Gasteiger partial charge in [0.1, 0.15) is 0 Å². The molecule has 1 saturated carbocycles. The SMILES string of the molecule is C=C(OC(C)(C)O)N(Cc1ccc2c(Cl)cn(CCN)c2c1)C1CC1. The summed E-state index contributed by atoms with van der Waals surface area (Å²) < 4.78 is 7.66. The van der Waals surface area contributed by atoms with E-state index in [0.29, 0.717) is 25.0 Å². The van der Waals surface area contributed by atoms with Crippen LogP contribution in [0.2, 0.25) is 5.02 Å². The van der Waals surface area contributed by atoms with E-state index in [0.717, 1.165) is 40.9 Å². The summed E-state index contributed by atoms with van der Waals surface area (Å²) >= 11 is 6.32. The van der Waals surface area contributed by atoms with Crippen LogP contribution in [0.25, 0.3) is 10.9 Å². The average Bonchev–Trinajstić information content (AvgIpc) is 3.30. The largest absolute Gasteiger partial charge is 0.449 e. The van der Waals surface area contributed by atoms with Crippen molar-refractivity contribution in [3.8, 4) is 0 Å². The average molecular weight is 364 g/mol. The number of aromatic nitrogens is 1. The normalized spacial score (nSPS) is 14.8. The highest BCUT2D eigenvalue weighted by atomic mass is 35.5. The molecule has 1 fully saturated rings. The molecule has 1 aliphatic rings. The van der Waals surface area contributed by atoms with Gasteiger partial charge in [-0.3, -0.25) is 0 Å². The second-order valence-corrected chi connectivity index (χ2v) is 7.52. The Labute approximate surface area is 153 Å². The smallest absolute Gasteiger partial charge is 0.204 e. The highest BCUT2D eigenvalue weighted by molar-refractivity contribution is 6.35. The van der Waals surface area contributed by atoms with Crippen molar-refractivity contribution in [2.24, 2.45) is 5.73 Å². The lowest BCUT2D eigenvalue weighted by Gasteiger charge is -2.31. The minimum atomic E-state index is -1.24. The van der Waals surface area contributed by atoms with Gasteiger partial charge in [0.25, 0.3) is 0 Å². The van der Waals surface area contributed by atoms with Crippen LogP contribution in [0.5, 0.6) is 0 Å². The van der Waals surface area contributed by atoms with Crippen molar-refractivity contribution < 1.29 is 9.84 Å². The molecule has 1 aromatic carbocycles. The lowest BCUT2D eigenvalue weighted by molar-refractivity contribution is -0.165. The van der Waals surface area contributed by atoms with E-state index in [1.165, 1.54) is 0 Å². The fourth-order valence-corrected chi connectivity index (χ4v) is 3.34. The number of halogens is 1. The second-order valence-electron chi connectivity index (χ2n) is 7.11. The zero-order chi connectivity index (χ0) is 18.2.